The number of anilines is 2. The number of likely N-dealkylation sites (tertiary alicyclic amines) is 1. The maximum Gasteiger partial charge on any atom is 0.354 e. The van der Waals surface area contributed by atoms with Crippen LogP contribution in [-0.2, 0) is 0 Å². The van der Waals surface area contributed by atoms with E-state index in [4.69, 9.17) is 5.11 Å². The Morgan fingerprint density at radius 3 is 2.83 bits per heavy atom. The molecule has 2 amide bonds. The first-order chi connectivity index (χ1) is 14.4. The summed E-state index contributed by atoms with van der Waals surface area (Å²) in [6.07, 6.45) is 5.59. The minimum absolute atomic E-state index is 0.0672. The zero-order chi connectivity index (χ0) is 21.3. The summed E-state index contributed by atoms with van der Waals surface area (Å²) in [7, 11) is 1.99. The van der Waals surface area contributed by atoms with E-state index in [1.54, 1.807) is 4.90 Å². The third kappa shape index (κ3) is 3.76. The molecule has 30 heavy (non-hydrogen) atoms. The van der Waals surface area contributed by atoms with Crippen molar-refractivity contribution in [2.75, 3.05) is 30.4 Å². The quantitative estimate of drug-likeness (QED) is 0.604. The molecule has 0 radical (unpaired) electrons. The molecule has 10 heteroatoms. The highest BCUT2D eigenvalue weighted by Gasteiger charge is 2.32. The molecule has 0 saturated carbocycles. The smallest absolute Gasteiger partial charge is 0.354 e. The number of carboxylic acid groups (broad SMARTS) is 1. The van der Waals surface area contributed by atoms with E-state index in [9.17, 15) is 9.59 Å². The molecule has 1 saturated heterocycles. The van der Waals surface area contributed by atoms with Crippen molar-refractivity contribution >= 4 is 34.5 Å². The molecule has 4 heterocycles. The second-order valence-corrected chi connectivity index (χ2v) is 7.49. The lowest BCUT2D eigenvalue weighted by Crippen LogP contribution is -2.53. The van der Waals surface area contributed by atoms with Gasteiger partial charge in [0, 0.05) is 26.3 Å². The van der Waals surface area contributed by atoms with Gasteiger partial charge in [-0.1, -0.05) is 6.92 Å². The topological polar surface area (TPSA) is 127 Å². The number of pyridine rings is 1. The molecule has 10 nitrogen and oxygen atoms in total. The van der Waals surface area contributed by atoms with E-state index in [1.165, 1.54) is 24.7 Å². The predicted molar refractivity (Wildman–Crippen MR) is 112 cm³/mol. The van der Waals surface area contributed by atoms with Crippen molar-refractivity contribution in [2.45, 2.75) is 19.4 Å². The van der Waals surface area contributed by atoms with Crippen LogP contribution in [0.15, 0.2) is 36.9 Å². The highest BCUT2D eigenvalue weighted by molar-refractivity contribution is 5.91. The van der Waals surface area contributed by atoms with Crippen LogP contribution >= 0.6 is 0 Å². The first-order valence-electron chi connectivity index (χ1n) is 9.70. The molecule has 1 aliphatic rings. The number of amides is 2. The Morgan fingerprint density at radius 2 is 2.10 bits per heavy atom. The number of aromatic carboxylic acids is 1. The van der Waals surface area contributed by atoms with Gasteiger partial charge in [-0.25, -0.2) is 24.5 Å². The fraction of sp³-hybridized carbons (Fsp3) is 0.350. The van der Waals surface area contributed by atoms with Crippen LogP contribution in [0.25, 0.3) is 11.0 Å². The monoisotopic (exact) mass is 409 g/mol. The molecule has 4 rings (SSSR count). The van der Waals surface area contributed by atoms with Gasteiger partial charge in [0.2, 0.25) is 0 Å². The average Bonchev–Trinajstić information content (AvgIpc) is 3.23. The Hall–Kier alpha value is -3.69. The molecule has 3 aromatic rings. The SMILES string of the molecule is CC1CCN(C(=O)Nc2ccc(C(=O)O)nc2)CC1N(C)c1ncnc2[nH]ccc12. The van der Waals surface area contributed by atoms with E-state index in [0.29, 0.717) is 24.7 Å². The Balaban J connectivity index is 1.48. The normalized spacial score (nSPS) is 18.9. The highest BCUT2D eigenvalue weighted by Crippen LogP contribution is 2.28. The second-order valence-electron chi connectivity index (χ2n) is 7.49. The molecular formula is C20H23N7O3. The average molecular weight is 409 g/mol. The Labute approximate surface area is 173 Å². The maximum absolute atomic E-state index is 12.8. The van der Waals surface area contributed by atoms with E-state index in [-0.39, 0.29) is 17.8 Å². The summed E-state index contributed by atoms with van der Waals surface area (Å²) in [6, 6.07) is 4.70. The zero-order valence-electron chi connectivity index (χ0n) is 16.7. The molecule has 2 unspecified atom stereocenters. The van der Waals surface area contributed by atoms with Crippen molar-refractivity contribution in [3.8, 4) is 0 Å². The van der Waals surface area contributed by atoms with Crippen molar-refractivity contribution in [3.05, 3.63) is 42.6 Å². The predicted octanol–water partition coefficient (Wildman–Crippen LogP) is 2.43. The van der Waals surface area contributed by atoms with Crippen LogP contribution in [0, 0.1) is 5.92 Å². The molecule has 156 valence electrons. The van der Waals surface area contributed by atoms with Crippen LogP contribution in [0.5, 0.6) is 0 Å². The first-order valence-corrected chi connectivity index (χ1v) is 9.70. The van der Waals surface area contributed by atoms with Crippen molar-refractivity contribution in [2.24, 2.45) is 5.92 Å². The van der Waals surface area contributed by atoms with E-state index in [0.717, 1.165) is 23.3 Å². The van der Waals surface area contributed by atoms with Gasteiger partial charge in [-0.3, -0.25) is 0 Å². The molecular weight excluding hydrogens is 386 g/mol. The number of rotatable bonds is 4. The number of aromatic amines is 1. The zero-order valence-corrected chi connectivity index (χ0v) is 16.7. The number of fused-ring (bicyclic) bond motifs is 1. The van der Waals surface area contributed by atoms with Gasteiger partial charge in [0.1, 0.15) is 23.5 Å². The van der Waals surface area contributed by atoms with Crippen LogP contribution in [0.3, 0.4) is 0 Å². The molecule has 3 N–H and O–H groups in total. The number of aromatic nitrogens is 4. The number of carboxylic acids is 1. The van der Waals surface area contributed by atoms with E-state index < -0.39 is 5.97 Å². The largest absolute Gasteiger partial charge is 0.477 e. The highest BCUT2D eigenvalue weighted by atomic mass is 16.4. The van der Waals surface area contributed by atoms with Crippen LogP contribution in [0.1, 0.15) is 23.8 Å². The molecule has 2 atom stereocenters. The molecule has 0 aliphatic carbocycles. The van der Waals surface area contributed by atoms with Crippen LogP contribution in [0.4, 0.5) is 16.3 Å². The van der Waals surface area contributed by atoms with Crippen LogP contribution in [0.2, 0.25) is 0 Å². The number of hydrogen-bond acceptors (Lipinski definition) is 6. The van der Waals surface area contributed by atoms with Crippen molar-refractivity contribution in [3.63, 3.8) is 0 Å². The molecule has 0 aromatic carbocycles. The third-order valence-electron chi connectivity index (χ3n) is 5.60. The number of hydrogen-bond donors (Lipinski definition) is 3. The minimum atomic E-state index is -1.11. The van der Waals surface area contributed by atoms with Gasteiger partial charge in [-0.15, -0.1) is 0 Å². The summed E-state index contributed by atoms with van der Waals surface area (Å²) in [5.41, 5.74) is 1.17. The van der Waals surface area contributed by atoms with Gasteiger partial charge in [0.05, 0.1) is 23.3 Å². The van der Waals surface area contributed by atoms with E-state index in [2.05, 4.69) is 37.1 Å². The summed E-state index contributed by atoms with van der Waals surface area (Å²) < 4.78 is 0. The van der Waals surface area contributed by atoms with Gasteiger partial charge < -0.3 is 25.2 Å². The second kappa shape index (κ2) is 7.97. The Kier molecular flexibility index (Phi) is 5.21. The molecule has 0 bridgehead atoms. The fourth-order valence-corrected chi connectivity index (χ4v) is 3.83. The molecule has 1 fully saturated rings. The first kappa shape index (κ1) is 19.6. The molecule has 0 spiro atoms. The summed E-state index contributed by atoms with van der Waals surface area (Å²) in [6.45, 7) is 3.36. The summed E-state index contributed by atoms with van der Waals surface area (Å²) in [5.74, 6) is 0.0957. The number of likely N-dealkylation sites (N-methyl/N-ethyl adjacent to an activating group) is 1. The van der Waals surface area contributed by atoms with Crippen LogP contribution < -0.4 is 10.2 Å². The Morgan fingerprint density at radius 1 is 1.27 bits per heavy atom. The lowest BCUT2D eigenvalue weighted by atomic mass is 9.92. The van der Waals surface area contributed by atoms with Crippen LogP contribution in [-0.4, -0.2) is 68.1 Å². The van der Waals surface area contributed by atoms with Crippen molar-refractivity contribution in [1.29, 1.82) is 0 Å². The number of piperidine rings is 1. The summed E-state index contributed by atoms with van der Waals surface area (Å²) in [5, 5.41) is 12.7. The van der Waals surface area contributed by atoms with Crippen molar-refractivity contribution < 1.29 is 14.7 Å². The van der Waals surface area contributed by atoms with Gasteiger partial charge in [0.25, 0.3) is 0 Å². The number of urea groups is 1. The lowest BCUT2D eigenvalue weighted by molar-refractivity contribution is 0.0690. The van der Waals surface area contributed by atoms with Crippen molar-refractivity contribution in [1.82, 2.24) is 24.8 Å². The number of H-pyrrole nitrogens is 1. The van der Waals surface area contributed by atoms with Gasteiger partial charge in [0.15, 0.2) is 0 Å². The number of nitrogens with zero attached hydrogens (tertiary/aromatic N) is 5. The Bertz CT molecular complexity index is 1070. The van der Waals surface area contributed by atoms with E-state index in [1.807, 2.05) is 19.3 Å². The standard InChI is InChI=1S/C20H23N7O3/c1-12-6-8-27(20(30)25-13-3-4-15(19(28)29)22-9-13)10-16(12)26(2)18-14-5-7-21-17(14)23-11-24-18/h3-5,7,9,11-12,16H,6,8,10H2,1-2H3,(H,25,30)(H,28,29)(H,21,23,24). The maximum atomic E-state index is 12.8. The lowest BCUT2D eigenvalue weighted by Gasteiger charge is -2.42. The molecule has 1 aliphatic heterocycles. The number of carbonyl (C=O) groups is 2. The summed E-state index contributed by atoms with van der Waals surface area (Å²) >= 11 is 0. The van der Waals surface area contributed by atoms with Gasteiger partial charge in [-0.05, 0) is 30.5 Å². The van der Waals surface area contributed by atoms with Gasteiger partial charge in [-0.2, -0.15) is 0 Å². The fourth-order valence-electron chi connectivity index (χ4n) is 3.83. The van der Waals surface area contributed by atoms with Gasteiger partial charge >= 0.3 is 12.0 Å². The number of carbonyl (C=O) groups excluding carboxylic acids is 1. The third-order valence-corrected chi connectivity index (χ3v) is 5.60. The minimum Gasteiger partial charge on any atom is -0.477 e. The molecule has 3 aromatic heterocycles. The summed E-state index contributed by atoms with van der Waals surface area (Å²) in [4.78, 5) is 43.2. The van der Waals surface area contributed by atoms with E-state index >= 15 is 0 Å². The number of nitrogens with one attached hydrogen (secondary N) is 2.